The first kappa shape index (κ1) is 19.5. The Balaban J connectivity index is 1.85. The summed E-state index contributed by atoms with van der Waals surface area (Å²) in [6, 6.07) is 17.9. The third kappa shape index (κ3) is 5.37. The molecule has 0 spiro atoms. The lowest BCUT2D eigenvalue weighted by Gasteiger charge is -2.11. The maximum atomic E-state index is 12.8. The molecule has 0 aliphatic carbocycles. The molecule has 0 radical (unpaired) electrons. The van der Waals surface area contributed by atoms with E-state index < -0.39 is 5.91 Å². The van der Waals surface area contributed by atoms with Gasteiger partial charge >= 0.3 is 0 Å². The number of anilines is 1. The Kier molecular flexibility index (Phi) is 6.34. The van der Waals surface area contributed by atoms with Crippen LogP contribution >= 0.6 is 15.9 Å². The van der Waals surface area contributed by atoms with E-state index >= 15 is 0 Å². The summed E-state index contributed by atoms with van der Waals surface area (Å²) in [6.07, 6.45) is 4.85. The molecule has 0 fully saturated rings. The average Bonchev–Trinajstić information content (AvgIpc) is 2.70. The molecule has 140 valence electrons. The minimum absolute atomic E-state index is 0.126. The fraction of sp³-hybridized carbons (Fsp3) is 0.0455. The molecule has 2 amide bonds. The second-order valence-electron chi connectivity index (χ2n) is 6.13. The van der Waals surface area contributed by atoms with Crippen LogP contribution in [0.25, 0.3) is 6.08 Å². The van der Waals surface area contributed by atoms with Crippen LogP contribution in [-0.2, 0) is 4.79 Å². The Morgan fingerprint density at radius 2 is 1.71 bits per heavy atom. The zero-order valence-electron chi connectivity index (χ0n) is 15.1. The lowest BCUT2D eigenvalue weighted by Crippen LogP contribution is -2.30. The third-order valence-corrected chi connectivity index (χ3v) is 4.43. The number of hydrogen-bond acceptors (Lipinski definition) is 3. The van der Waals surface area contributed by atoms with Crippen LogP contribution in [-0.4, -0.2) is 16.8 Å². The highest BCUT2D eigenvalue weighted by atomic mass is 79.9. The van der Waals surface area contributed by atoms with E-state index in [1.54, 1.807) is 54.9 Å². The first-order valence-corrected chi connectivity index (χ1v) is 9.37. The molecule has 0 saturated heterocycles. The summed E-state index contributed by atoms with van der Waals surface area (Å²) < 4.78 is 0.907. The van der Waals surface area contributed by atoms with Gasteiger partial charge in [0.05, 0.1) is 0 Å². The second kappa shape index (κ2) is 9.10. The number of carbonyl (C=O) groups is 2. The summed E-state index contributed by atoms with van der Waals surface area (Å²) in [4.78, 5) is 29.4. The number of rotatable bonds is 5. The predicted octanol–water partition coefficient (Wildman–Crippen LogP) is 4.56. The summed E-state index contributed by atoms with van der Waals surface area (Å²) in [5.41, 5.74) is 2.97. The van der Waals surface area contributed by atoms with Crippen molar-refractivity contribution in [3.05, 3.63) is 99.9 Å². The van der Waals surface area contributed by atoms with E-state index in [9.17, 15) is 9.59 Å². The van der Waals surface area contributed by atoms with Gasteiger partial charge in [-0.05, 0) is 61.0 Å². The van der Waals surface area contributed by atoms with E-state index in [2.05, 4.69) is 31.5 Å². The van der Waals surface area contributed by atoms with Crippen LogP contribution in [0.15, 0.2) is 83.2 Å². The highest BCUT2D eigenvalue weighted by Crippen LogP contribution is 2.15. The van der Waals surface area contributed by atoms with E-state index in [0.29, 0.717) is 16.8 Å². The van der Waals surface area contributed by atoms with Crippen molar-refractivity contribution in [2.45, 2.75) is 6.92 Å². The number of benzene rings is 2. The van der Waals surface area contributed by atoms with Crippen molar-refractivity contribution in [2.75, 3.05) is 5.32 Å². The van der Waals surface area contributed by atoms with Gasteiger partial charge in [-0.3, -0.25) is 14.6 Å². The quantitative estimate of drug-likeness (QED) is 0.576. The minimum atomic E-state index is -0.424. The minimum Gasteiger partial charge on any atom is -0.321 e. The van der Waals surface area contributed by atoms with Gasteiger partial charge in [0.2, 0.25) is 0 Å². The molecule has 0 bridgehead atoms. The molecule has 0 unspecified atom stereocenters. The Bertz CT molecular complexity index is 998. The zero-order chi connectivity index (χ0) is 19.9. The number of carbonyl (C=O) groups excluding carboxylic acids is 2. The standard InChI is InChI=1S/C22H18BrN3O2/c1-15-4-6-17(7-5-15)21(27)26-20(13-16-3-2-12-24-14-16)22(28)25-19-10-8-18(23)9-11-19/h2-14H,1H3,(H,25,28)(H,26,27)/b20-13+. The topological polar surface area (TPSA) is 71.1 Å². The molecule has 1 aromatic heterocycles. The molecule has 0 aliphatic rings. The molecule has 2 aromatic carbocycles. The molecule has 1 heterocycles. The monoisotopic (exact) mass is 435 g/mol. The van der Waals surface area contributed by atoms with Crippen molar-refractivity contribution in [3.63, 3.8) is 0 Å². The molecular formula is C22H18BrN3O2. The van der Waals surface area contributed by atoms with Gasteiger partial charge in [0.1, 0.15) is 5.70 Å². The number of amides is 2. The van der Waals surface area contributed by atoms with Crippen molar-refractivity contribution >= 4 is 39.5 Å². The van der Waals surface area contributed by atoms with Crippen molar-refractivity contribution in [1.82, 2.24) is 10.3 Å². The van der Waals surface area contributed by atoms with Crippen LogP contribution in [0.2, 0.25) is 0 Å². The number of halogens is 1. The summed E-state index contributed by atoms with van der Waals surface area (Å²) in [6.45, 7) is 1.95. The molecule has 2 N–H and O–H groups in total. The number of aromatic nitrogens is 1. The second-order valence-corrected chi connectivity index (χ2v) is 7.04. The van der Waals surface area contributed by atoms with Crippen LogP contribution in [0.1, 0.15) is 21.5 Å². The molecule has 0 atom stereocenters. The van der Waals surface area contributed by atoms with Gasteiger partial charge in [-0.1, -0.05) is 39.7 Å². The number of pyridine rings is 1. The van der Waals surface area contributed by atoms with Gasteiger partial charge in [0.15, 0.2) is 0 Å². The largest absolute Gasteiger partial charge is 0.321 e. The Labute approximate surface area is 171 Å². The predicted molar refractivity (Wildman–Crippen MR) is 114 cm³/mol. The van der Waals surface area contributed by atoms with E-state index in [-0.39, 0.29) is 11.6 Å². The van der Waals surface area contributed by atoms with Crippen LogP contribution in [0, 0.1) is 6.92 Å². The SMILES string of the molecule is Cc1ccc(C(=O)N/C(=C/c2cccnc2)C(=O)Nc2ccc(Br)cc2)cc1. The Hall–Kier alpha value is -3.25. The maximum absolute atomic E-state index is 12.8. The van der Waals surface area contributed by atoms with Gasteiger partial charge in [-0.2, -0.15) is 0 Å². The molecule has 3 rings (SSSR count). The molecule has 6 heteroatoms. The highest BCUT2D eigenvalue weighted by Gasteiger charge is 2.15. The maximum Gasteiger partial charge on any atom is 0.272 e. The van der Waals surface area contributed by atoms with Crippen LogP contribution in [0.4, 0.5) is 5.69 Å². The van der Waals surface area contributed by atoms with Crippen molar-refractivity contribution in [3.8, 4) is 0 Å². The third-order valence-electron chi connectivity index (χ3n) is 3.90. The van der Waals surface area contributed by atoms with Crippen LogP contribution in [0.5, 0.6) is 0 Å². The fourth-order valence-corrected chi connectivity index (χ4v) is 2.68. The number of aryl methyl sites for hydroxylation is 1. The summed E-state index contributed by atoms with van der Waals surface area (Å²) in [5, 5.41) is 5.50. The molecule has 28 heavy (non-hydrogen) atoms. The Morgan fingerprint density at radius 1 is 1.00 bits per heavy atom. The fourth-order valence-electron chi connectivity index (χ4n) is 2.42. The van der Waals surface area contributed by atoms with Crippen molar-refractivity contribution in [2.24, 2.45) is 0 Å². The van der Waals surface area contributed by atoms with E-state index in [1.165, 1.54) is 0 Å². The van der Waals surface area contributed by atoms with Crippen molar-refractivity contribution < 1.29 is 9.59 Å². The van der Waals surface area contributed by atoms with Crippen LogP contribution in [0.3, 0.4) is 0 Å². The Morgan fingerprint density at radius 3 is 2.36 bits per heavy atom. The lowest BCUT2D eigenvalue weighted by atomic mass is 10.1. The van der Waals surface area contributed by atoms with E-state index in [4.69, 9.17) is 0 Å². The summed E-state index contributed by atoms with van der Waals surface area (Å²) in [7, 11) is 0. The molecule has 5 nitrogen and oxygen atoms in total. The number of nitrogens with one attached hydrogen (secondary N) is 2. The molecule has 0 saturated carbocycles. The van der Waals surface area contributed by atoms with E-state index in [1.807, 2.05) is 31.2 Å². The van der Waals surface area contributed by atoms with Gasteiger partial charge in [-0.15, -0.1) is 0 Å². The summed E-state index contributed by atoms with van der Waals surface area (Å²) >= 11 is 3.36. The highest BCUT2D eigenvalue weighted by molar-refractivity contribution is 9.10. The first-order valence-electron chi connectivity index (χ1n) is 8.58. The van der Waals surface area contributed by atoms with E-state index in [0.717, 1.165) is 10.0 Å². The molecule has 3 aromatic rings. The van der Waals surface area contributed by atoms with Crippen molar-refractivity contribution in [1.29, 1.82) is 0 Å². The van der Waals surface area contributed by atoms with Crippen LogP contribution < -0.4 is 10.6 Å². The van der Waals surface area contributed by atoms with Gasteiger partial charge in [-0.25, -0.2) is 0 Å². The molecular weight excluding hydrogens is 418 g/mol. The molecule has 0 aliphatic heterocycles. The van der Waals surface area contributed by atoms with Gasteiger partial charge in [0, 0.05) is 28.1 Å². The normalized spacial score (nSPS) is 11.0. The summed E-state index contributed by atoms with van der Waals surface area (Å²) in [5.74, 6) is -0.785. The van der Waals surface area contributed by atoms with Gasteiger partial charge < -0.3 is 10.6 Å². The number of nitrogens with zero attached hydrogens (tertiary/aromatic N) is 1. The van der Waals surface area contributed by atoms with Gasteiger partial charge in [0.25, 0.3) is 11.8 Å². The smallest absolute Gasteiger partial charge is 0.272 e. The average molecular weight is 436 g/mol. The zero-order valence-corrected chi connectivity index (χ0v) is 16.7. The first-order chi connectivity index (χ1) is 13.5. The lowest BCUT2D eigenvalue weighted by molar-refractivity contribution is -0.113. The number of hydrogen-bond donors (Lipinski definition) is 2.